The molecular weight excluding hydrogens is 293 g/mol. The van der Waals surface area contributed by atoms with E-state index in [4.69, 9.17) is 28.3 Å². The number of aliphatic hydroxyl groups excluding tert-OH is 1. The maximum absolute atomic E-state index is 11.7. The van der Waals surface area contributed by atoms with Crippen molar-refractivity contribution in [2.75, 3.05) is 12.4 Å². The van der Waals surface area contributed by atoms with Crippen molar-refractivity contribution in [3.05, 3.63) is 28.2 Å². The predicted octanol–water partition coefficient (Wildman–Crippen LogP) is 2.73. The second kappa shape index (κ2) is 5.70. The lowest BCUT2D eigenvalue weighted by atomic mass is 10.3. The molecule has 1 aliphatic carbocycles. The minimum Gasteiger partial charge on any atom is -0.394 e. The summed E-state index contributed by atoms with van der Waals surface area (Å²) >= 11 is 13.2. The number of benzene rings is 1. The van der Waals surface area contributed by atoms with Crippen LogP contribution < -0.4 is 5.32 Å². The number of carbonyl (C=O) groups is 1. The summed E-state index contributed by atoms with van der Waals surface area (Å²) in [6, 6.07) is 5.15. The molecule has 1 fully saturated rings. The van der Waals surface area contributed by atoms with Gasteiger partial charge in [0.15, 0.2) is 0 Å². The third-order valence-electron chi connectivity index (χ3n) is 2.81. The Kier molecular flexibility index (Phi) is 4.43. The van der Waals surface area contributed by atoms with Crippen molar-refractivity contribution >= 4 is 40.9 Å². The molecule has 0 saturated heterocycles. The predicted molar refractivity (Wildman–Crippen MR) is 74.4 cm³/mol. The molecule has 3 nitrogen and oxygen atoms in total. The lowest BCUT2D eigenvalue weighted by molar-refractivity contribution is -0.119. The number of rotatable bonds is 5. The highest BCUT2D eigenvalue weighted by atomic mass is 35.5. The Hall–Kier alpha value is -0.420. The molecule has 18 heavy (non-hydrogen) atoms. The van der Waals surface area contributed by atoms with Crippen molar-refractivity contribution in [3.63, 3.8) is 0 Å². The Morgan fingerprint density at radius 3 is 2.78 bits per heavy atom. The second-order valence-corrected chi connectivity index (χ2v) is 6.21. The zero-order valence-corrected chi connectivity index (χ0v) is 11.9. The van der Waals surface area contributed by atoms with Crippen LogP contribution in [0, 0.1) is 0 Å². The first-order valence-corrected chi connectivity index (χ1v) is 7.28. The van der Waals surface area contributed by atoms with Crippen molar-refractivity contribution in [3.8, 4) is 0 Å². The molecule has 1 aromatic carbocycles. The van der Waals surface area contributed by atoms with E-state index >= 15 is 0 Å². The van der Waals surface area contributed by atoms with Gasteiger partial charge >= 0.3 is 0 Å². The molecule has 2 N–H and O–H groups in total. The van der Waals surface area contributed by atoms with Crippen LogP contribution in [-0.2, 0) is 4.79 Å². The Balaban J connectivity index is 1.87. The van der Waals surface area contributed by atoms with Crippen molar-refractivity contribution in [1.29, 1.82) is 0 Å². The van der Waals surface area contributed by atoms with E-state index in [0.717, 1.165) is 17.7 Å². The van der Waals surface area contributed by atoms with Gasteiger partial charge in [-0.15, -0.1) is 11.8 Å². The van der Waals surface area contributed by atoms with E-state index in [1.165, 1.54) is 11.8 Å². The van der Waals surface area contributed by atoms with Crippen molar-refractivity contribution in [2.45, 2.75) is 23.3 Å². The summed E-state index contributed by atoms with van der Waals surface area (Å²) < 4.78 is 0. The summed E-state index contributed by atoms with van der Waals surface area (Å²) in [7, 11) is 0. The van der Waals surface area contributed by atoms with Crippen LogP contribution in [0.5, 0.6) is 0 Å². The topological polar surface area (TPSA) is 49.3 Å². The molecule has 1 aliphatic rings. The first kappa shape index (κ1) is 14.0. The summed E-state index contributed by atoms with van der Waals surface area (Å²) in [5.74, 6) is 0.171. The monoisotopic (exact) mass is 305 g/mol. The summed E-state index contributed by atoms with van der Waals surface area (Å²) in [6.45, 7) is 0.00132. The summed E-state index contributed by atoms with van der Waals surface area (Å²) in [5.41, 5.74) is -0.365. The number of nitrogens with one attached hydrogen (secondary N) is 1. The van der Waals surface area contributed by atoms with E-state index in [-0.39, 0.29) is 23.8 Å². The van der Waals surface area contributed by atoms with Crippen LogP contribution in [-0.4, -0.2) is 28.9 Å². The molecule has 0 spiro atoms. The van der Waals surface area contributed by atoms with Crippen LogP contribution in [0.15, 0.2) is 23.1 Å². The van der Waals surface area contributed by atoms with E-state index in [1.807, 2.05) is 0 Å². The quantitative estimate of drug-likeness (QED) is 0.822. The second-order valence-electron chi connectivity index (χ2n) is 4.35. The highest BCUT2D eigenvalue weighted by Gasteiger charge is 2.43. The molecule has 0 bridgehead atoms. The van der Waals surface area contributed by atoms with Gasteiger partial charge in [0.05, 0.1) is 22.9 Å². The standard InChI is InChI=1S/C12H13Cl2NO2S/c13-8-1-2-9(14)10(5-8)18-6-11(17)15-12(7-16)3-4-12/h1-2,5,16H,3-4,6-7H2,(H,15,17). The fourth-order valence-corrected chi connectivity index (χ4v) is 2.83. The number of hydrogen-bond acceptors (Lipinski definition) is 3. The highest BCUT2D eigenvalue weighted by molar-refractivity contribution is 8.00. The first-order valence-electron chi connectivity index (χ1n) is 5.54. The van der Waals surface area contributed by atoms with Crippen LogP contribution in [0.2, 0.25) is 10.0 Å². The van der Waals surface area contributed by atoms with Gasteiger partial charge < -0.3 is 10.4 Å². The molecule has 0 unspecified atom stereocenters. The molecule has 1 aromatic rings. The summed E-state index contributed by atoms with van der Waals surface area (Å²) in [5, 5.41) is 13.1. The Morgan fingerprint density at radius 2 is 2.17 bits per heavy atom. The number of thioether (sulfide) groups is 1. The molecule has 98 valence electrons. The van der Waals surface area contributed by atoms with Gasteiger partial charge in [0, 0.05) is 9.92 Å². The van der Waals surface area contributed by atoms with Gasteiger partial charge in [-0.3, -0.25) is 4.79 Å². The van der Waals surface area contributed by atoms with Crippen LogP contribution in [0.4, 0.5) is 0 Å². The lowest BCUT2D eigenvalue weighted by Crippen LogP contribution is -2.40. The number of hydrogen-bond donors (Lipinski definition) is 2. The third-order valence-corrected chi connectivity index (χ3v) is 4.54. The lowest BCUT2D eigenvalue weighted by Gasteiger charge is -2.14. The molecule has 0 aliphatic heterocycles. The normalized spacial score (nSPS) is 16.4. The van der Waals surface area contributed by atoms with Crippen molar-refractivity contribution in [2.24, 2.45) is 0 Å². The largest absolute Gasteiger partial charge is 0.394 e. The average Bonchev–Trinajstić information content (AvgIpc) is 3.11. The minimum atomic E-state index is -0.365. The zero-order valence-electron chi connectivity index (χ0n) is 9.58. The highest BCUT2D eigenvalue weighted by Crippen LogP contribution is 2.35. The zero-order chi connectivity index (χ0) is 13.2. The van der Waals surface area contributed by atoms with Gasteiger partial charge in [-0.2, -0.15) is 0 Å². The van der Waals surface area contributed by atoms with Gasteiger partial charge in [0.2, 0.25) is 5.91 Å². The summed E-state index contributed by atoms with van der Waals surface area (Å²) in [4.78, 5) is 12.5. The molecule has 1 saturated carbocycles. The van der Waals surface area contributed by atoms with Crippen molar-refractivity contribution in [1.82, 2.24) is 5.32 Å². The Labute approximate surface area is 120 Å². The Morgan fingerprint density at radius 1 is 1.44 bits per heavy atom. The molecule has 0 heterocycles. The fourth-order valence-electron chi connectivity index (χ4n) is 1.54. The van der Waals surface area contributed by atoms with Crippen LogP contribution >= 0.6 is 35.0 Å². The van der Waals surface area contributed by atoms with Crippen molar-refractivity contribution < 1.29 is 9.90 Å². The van der Waals surface area contributed by atoms with Gasteiger partial charge in [-0.1, -0.05) is 23.2 Å². The van der Waals surface area contributed by atoms with Gasteiger partial charge in [-0.25, -0.2) is 0 Å². The maximum atomic E-state index is 11.7. The average molecular weight is 306 g/mol. The molecule has 2 rings (SSSR count). The first-order chi connectivity index (χ1) is 8.54. The summed E-state index contributed by atoms with van der Waals surface area (Å²) in [6.07, 6.45) is 1.69. The van der Waals surface area contributed by atoms with Crippen LogP contribution in [0.25, 0.3) is 0 Å². The molecule has 6 heteroatoms. The minimum absolute atomic E-state index is 0.00132. The smallest absolute Gasteiger partial charge is 0.230 e. The number of halogens is 2. The van der Waals surface area contributed by atoms with E-state index < -0.39 is 0 Å². The Bertz CT molecular complexity index is 463. The SMILES string of the molecule is O=C(CSc1cc(Cl)ccc1Cl)NC1(CO)CC1. The third kappa shape index (κ3) is 3.54. The van der Waals surface area contributed by atoms with E-state index in [1.54, 1.807) is 18.2 Å². The molecule has 1 amide bonds. The molecule has 0 atom stereocenters. The van der Waals surface area contributed by atoms with Gasteiger partial charge in [0.1, 0.15) is 0 Å². The number of aliphatic hydroxyl groups is 1. The maximum Gasteiger partial charge on any atom is 0.230 e. The molecular formula is C12H13Cl2NO2S. The molecule has 0 radical (unpaired) electrons. The van der Waals surface area contributed by atoms with E-state index in [9.17, 15) is 4.79 Å². The van der Waals surface area contributed by atoms with Crippen LogP contribution in [0.1, 0.15) is 12.8 Å². The van der Waals surface area contributed by atoms with E-state index in [2.05, 4.69) is 5.32 Å². The van der Waals surface area contributed by atoms with Crippen LogP contribution in [0.3, 0.4) is 0 Å². The fraction of sp³-hybridized carbons (Fsp3) is 0.417. The number of amides is 1. The van der Waals surface area contributed by atoms with Gasteiger partial charge in [0.25, 0.3) is 0 Å². The van der Waals surface area contributed by atoms with E-state index in [0.29, 0.717) is 10.0 Å². The number of carbonyl (C=O) groups excluding carboxylic acids is 1. The van der Waals surface area contributed by atoms with Gasteiger partial charge in [-0.05, 0) is 31.0 Å². The molecule has 0 aromatic heterocycles.